The molecule has 2 N–H and O–H groups in total. The molecule has 0 atom stereocenters. The summed E-state index contributed by atoms with van der Waals surface area (Å²) >= 11 is 0. The highest BCUT2D eigenvalue weighted by Gasteiger charge is 2.24. The minimum Gasteiger partial charge on any atom is -0.344 e. The normalized spacial score (nSPS) is 12.5. The molecule has 5 nitrogen and oxygen atoms in total. The largest absolute Gasteiger partial charge is 0.344 e. The SMILES string of the molecule is CCCS(=O)(=O)CC(=O)N(C)CC(C)(C)CN. The number of hydrogen-bond donors (Lipinski definition) is 1. The van der Waals surface area contributed by atoms with E-state index in [0.717, 1.165) is 0 Å². The Hall–Kier alpha value is -0.620. The third-order valence-corrected chi connectivity index (χ3v) is 4.22. The maximum atomic E-state index is 11.7. The van der Waals surface area contributed by atoms with Gasteiger partial charge in [-0.05, 0) is 18.4 Å². The third kappa shape index (κ3) is 6.63. The fraction of sp³-hybridized carbons (Fsp3) is 0.909. The van der Waals surface area contributed by atoms with E-state index in [1.54, 1.807) is 14.0 Å². The Kier molecular flexibility index (Phi) is 6.12. The first-order valence-electron chi connectivity index (χ1n) is 5.78. The van der Waals surface area contributed by atoms with Crippen LogP contribution in [0.1, 0.15) is 27.2 Å². The Morgan fingerprint density at radius 1 is 1.35 bits per heavy atom. The van der Waals surface area contributed by atoms with Gasteiger partial charge in [0.05, 0.1) is 5.75 Å². The Bertz CT molecular complexity index is 350. The molecule has 0 aromatic rings. The molecular formula is C11H24N2O3S. The second kappa shape index (κ2) is 6.35. The summed E-state index contributed by atoms with van der Waals surface area (Å²) in [6.07, 6.45) is 0.535. The van der Waals surface area contributed by atoms with E-state index in [4.69, 9.17) is 5.73 Å². The third-order valence-electron chi connectivity index (χ3n) is 2.50. The number of amides is 1. The van der Waals surface area contributed by atoms with Crippen LogP contribution in [0.4, 0.5) is 0 Å². The van der Waals surface area contributed by atoms with Crippen molar-refractivity contribution >= 4 is 15.7 Å². The van der Waals surface area contributed by atoms with Crippen molar-refractivity contribution in [1.29, 1.82) is 0 Å². The lowest BCUT2D eigenvalue weighted by atomic mass is 9.93. The van der Waals surface area contributed by atoms with Gasteiger partial charge in [-0.2, -0.15) is 0 Å². The lowest BCUT2D eigenvalue weighted by Gasteiger charge is -2.29. The minimum atomic E-state index is -3.26. The quantitative estimate of drug-likeness (QED) is 0.715. The summed E-state index contributed by atoms with van der Waals surface area (Å²) in [6.45, 7) is 6.58. The zero-order valence-electron chi connectivity index (χ0n) is 11.2. The van der Waals surface area contributed by atoms with Gasteiger partial charge in [0.25, 0.3) is 0 Å². The van der Waals surface area contributed by atoms with E-state index in [1.807, 2.05) is 13.8 Å². The Labute approximate surface area is 104 Å². The molecule has 0 aromatic carbocycles. The van der Waals surface area contributed by atoms with Crippen LogP contribution in [0.3, 0.4) is 0 Å². The van der Waals surface area contributed by atoms with Crippen LogP contribution in [0.2, 0.25) is 0 Å². The Balaban J connectivity index is 4.43. The lowest BCUT2D eigenvalue weighted by Crippen LogP contribution is -2.42. The van der Waals surface area contributed by atoms with Crippen molar-refractivity contribution in [3.8, 4) is 0 Å². The van der Waals surface area contributed by atoms with Gasteiger partial charge >= 0.3 is 0 Å². The smallest absolute Gasteiger partial charge is 0.237 e. The number of carbonyl (C=O) groups is 1. The van der Waals surface area contributed by atoms with Crippen LogP contribution in [0.15, 0.2) is 0 Å². The maximum absolute atomic E-state index is 11.7. The number of nitrogens with two attached hydrogens (primary N) is 1. The Morgan fingerprint density at radius 2 is 1.88 bits per heavy atom. The number of carbonyl (C=O) groups excluding carboxylic acids is 1. The van der Waals surface area contributed by atoms with Crippen LogP contribution < -0.4 is 5.73 Å². The highest BCUT2D eigenvalue weighted by molar-refractivity contribution is 7.92. The first-order chi connectivity index (χ1) is 7.63. The molecule has 1 amide bonds. The molecule has 0 aliphatic heterocycles. The van der Waals surface area contributed by atoms with Crippen molar-refractivity contribution in [1.82, 2.24) is 4.90 Å². The molecule has 17 heavy (non-hydrogen) atoms. The van der Waals surface area contributed by atoms with Gasteiger partial charge in [0.2, 0.25) is 5.91 Å². The first-order valence-corrected chi connectivity index (χ1v) is 7.60. The second-order valence-corrected chi connectivity index (χ2v) is 7.39. The zero-order chi connectivity index (χ0) is 13.7. The first kappa shape index (κ1) is 16.4. The van der Waals surface area contributed by atoms with Crippen LogP contribution in [0.5, 0.6) is 0 Å². The fourth-order valence-electron chi connectivity index (χ4n) is 1.48. The summed E-state index contributed by atoms with van der Waals surface area (Å²) in [5, 5.41) is 0. The molecule has 0 fully saturated rings. The molecular weight excluding hydrogens is 240 g/mol. The molecule has 0 aromatic heterocycles. The number of nitrogens with zero attached hydrogens (tertiary/aromatic N) is 1. The monoisotopic (exact) mass is 264 g/mol. The molecule has 6 heteroatoms. The highest BCUT2D eigenvalue weighted by atomic mass is 32.2. The van der Waals surface area contributed by atoms with Gasteiger partial charge in [-0.15, -0.1) is 0 Å². The molecule has 0 rings (SSSR count). The van der Waals surface area contributed by atoms with E-state index < -0.39 is 15.6 Å². The number of rotatable bonds is 7. The number of sulfone groups is 1. The molecule has 0 bridgehead atoms. The van der Waals surface area contributed by atoms with Crippen molar-refractivity contribution in [2.75, 3.05) is 31.6 Å². The summed E-state index contributed by atoms with van der Waals surface area (Å²) in [6, 6.07) is 0. The van der Waals surface area contributed by atoms with Crippen LogP contribution in [0.25, 0.3) is 0 Å². The van der Waals surface area contributed by atoms with Gasteiger partial charge in [0.15, 0.2) is 9.84 Å². The zero-order valence-corrected chi connectivity index (χ0v) is 12.0. The van der Waals surface area contributed by atoms with Gasteiger partial charge in [-0.3, -0.25) is 4.79 Å². The van der Waals surface area contributed by atoms with Gasteiger partial charge in [-0.1, -0.05) is 20.8 Å². The predicted octanol–water partition coefficient (Wildman–Crippen LogP) is 0.255. The van der Waals surface area contributed by atoms with Crippen molar-refractivity contribution in [2.24, 2.45) is 11.1 Å². The summed E-state index contributed by atoms with van der Waals surface area (Å²) in [5.74, 6) is -0.704. The molecule has 0 unspecified atom stereocenters. The van der Waals surface area contributed by atoms with Crippen molar-refractivity contribution in [3.05, 3.63) is 0 Å². The van der Waals surface area contributed by atoms with E-state index in [0.29, 0.717) is 19.5 Å². The molecule has 102 valence electrons. The Morgan fingerprint density at radius 3 is 2.29 bits per heavy atom. The molecule has 0 radical (unpaired) electrons. The second-order valence-electron chi connectivity index (χ2n) is 5.21. The van der Waals surface area contributed by atoms with E-state index >= 15 is 0 Å². The maximum Gasteiger partial charge on any atom is 0.237 e. The molecule has 0 heterocycles. The highest BCUT2D eigenvalue weighted by Crippen LogP contribution is 2.14. The predicted molar refractivity (Wildman–Crippen MR) is 69.4 cm³/mol. The summed E-state index contributed by atoms with van der Waals surface area (Å²) in [5.41, 5.74) is 5.38. The molecule has 0 aliphatic carbocycles. The van der Waals surface area contributed by atoms with E-state index in [1.165, 1.54) is 4.90 Å². The average Bonchev–Trinajstić information content (AvgIpc) is 2.16. The molecule has 0 saturated carbocycles. The number of hydrogen-bond acceptors (Lipinski definition) is 4. The fourth-order valence-corrected chi connectivity index (χ4v) is 2.84. The standard InChI is InChI=1S/C11H24N2O3S/c1-5-6-17(15,16)7-10(14)13(4)9-11(2,3)8-12/h5-9,12H2,1-4H3. The molecule has 0 saturated heterocycles. The van der Waals surface area contributed by atoms with Crippen molar-refractivity contribution in [2.45, 2.75) is 27.2 Å². The van der Waals surface area contributed by atoms with Crippen molar-refractivity contribution in [3.63, 3.8) is 0 Å². The van der Waals surface area contributed by atoms with Crippen LogP contribution >= 0.6 is 0 Å². The topological polar surface area (TPSA) is 80.5 Å². The van der Waals surface area contributed by atoms with E-state index in [2.05, 4.69) is 0 Å². The van der Waals surface area contributed by atoms with E-state index in [-0.39, 0.29) is 17.1 Å². The van der Waals surface area contributed by atoms with E-state index in [9.17, 15) is 13.2 Å². The van der Waals surface area contributed by atoms with Crippen LogP contribution in [0, 0.1) is 5.41 Å². The van der Waals surface area contributed by atoms with Crippen LogP contribution in [-0.4, -0.2) is 50.9 Å². The van der Waals surface area contributed by atoms with Gasteiger partial charge in [0.1, 0.15) is 5.75 Å². The summed E-state index contributed by atoms with van der Waals surface area (Å²) < 4.78 is 23.0. The van der Waals surface area contributed by atoms with Crippen LogP contribution in [-0.2, 0) is 14.6 Å². The summed E-state index contributed by atoms with van der Waals surface area (Å²) in [4.78, 5) is 13.2. The van der Waals surface area contributed by atoms with Gasteiger partial charge < -0.3 is 10.6 Å². The average molecular weight is 264 g/mol. The lowest BCUT2D eigenvalue weighted by molar-refractivity contribution is -0.128. The molecule has 0 spiro atoms. The van der Waals surface area contributed by atoms with Gasteiger partial charge in [0, 0.05) is 13.6 Å². The summed E-state index contributed by atoms with van der Waals surface area (Å²) in [7, 11) is -1.65. The molecule has 0 aliphatic rings. The van der Waals surface area contributed by atoms with Gasteiger partial charge in [-0.25, -0.2) is 8.42 Å². The minimum absolute atomic E-state index is 0.0624. The van der Waals surface area contributed by atoms with Crippen molar-refractivity contribution < 1.29 is 13.2 Å².